The predicted molar refractivity (Wildman–Crippen MR) is 137 cm³/mol. The topological polar surface area (TPSA) is 126 Å². The van der Waals surface area contributed by atoms with E-state index in [2.05, 4.69) is 4.98 Å². The fraction of sp³-hybridized carbons (Fsp3) is 0.577. The summed E-state index contributed by atoms with van der Waals surface area (Å²) in [6.07, 6.45) is -1.02. The van der Waals surface area contributed by atoms with Gasteiger partial charge in [-0.1, -0.05) is 13.0 Å². The molecule has 13 heteroatoms. The van der Waals surface area contributed by atoms with Gasteiger partial charge in [0.15, 0.2) is 0 Å². The second-order valence-electron chi connectivity index (χ2n) is 10.2. The minimum absolute atomic E-state index is 0.0248. The number of nitriles is 1. The number of halogens is 3. The number of hydrogen-bond acceptors (Lipinski definition) is 7. The number of aliphatic hydroxyl groups is 1. The number of alkyl halides is 3. The Hall–Kier alpha value is -3.11. The largest absolute Gasteiger partial charge is 0.495 e. The Morgan fingerprint density at radius 2 is 2.00 bits per heavy atom. The van der Waals surface area contributed by atoms with E-state index in [0.717, 1.165) is 6.92 Å². The first-order chi connectivity index (χ1) is 18.1. The smallest absolute Gasteiger partial charge is 0.391 e. The van der Waals surface area contributed by atoms with E-state index in [4.69, 9.17) is 4.74 Å². The van der Waals surface area contributed by atoms with E-state index < -0.39 is 38.7 Å². The van der Waals surface area contributed by atoms with Gasteiger partial charge in [-0.05, 0) is 56.7 Å². The van der Waals surface area contributed by atoms with Crippen LogP contribution in [0.15, 0.2) is 24.4 Å². The number of hydrogen-bond donors (Lipinski definition) is 1. The van der Waals surface area contributed by atoms with E-state index in [1.807, 2.05) is 6.07 Å². The highest BCUT2D eigenvalue weighted by molar-refractivity contribution is 7.91. The van der Waals surface area contributed by atoms with Crippen LogP contribution in [0.4, 0.5) is 13.2 Å². The maximum Gasteiger partial charge on any atom is 0.391 e. The fourth-order valence-corrected chi connectivity index (χ4v) is 5.91. The molecule has 9 nitrogen and oxygen atoms in total. The lowest BCUT2D eigenvalue weighted by Crippen LogP contribution is -2.49. The molecule has 1 aromatic carbocycles. The van der Waals surface area contributed by atoms with Crippen molar-refractivity contribution in [2.45, 2.75) is 63.0 Å². The van der Waals surface area contributed by atoms with Crippen LogP contribution < -0.4 is 4.74 Å². The summed E-state index contributed by atoms with van der Waals surface area (Å²) in [6.45, 7) is 3.04. The zero-order valence-corrected chi connectivity index (χ0v) is 23.1. The van der Waals surface area contributed by atoms with Gasteiger partial charge in [0.1, 0.15) is 27.3 Å². The molecule has 0 radical (unpaired) electrons. The van der Waals surface area contributed by atoms with Crippen LogP contribution in [-0.4, -0.2) is 77.4 Å². The van der Waals surface area contributed by atoms with Gasteiger partial charge in [-0.2, -0.15) is 18.4 Å². The van der Waals surface area contributed by atoms with Crippen molar-refractivity contribution in [2.24, 2.45) is 5.92 Å². The van der Waals surface area contributed by atoms with Gasteiger partial charge in [-0.15, -0.1) is 0 Å². The van der Waals surface area contributed by atoms with Gasteiger partial charge in [0.05, 0.1) is 29.6 Å². The number of likely N-dealkylation sites (N-methyl/N-ethyl adjacent to an activating group) is 1. The van der Waals surface area contributed by atoms with Gasteiger partial charge in [-0.3, -0.25) is 9.36 Å². The Bertz CT molecular complexity index is 1340. The van der Waals surface area contributed by atoms with Crippen molar-refractivity contribution in [3.63, 3.8) is 0 Å². The zero-order chi connectivity index (χ0) is 29.2. The van der Waals surface area contributed by atoms with E-state index >= 15 is 0 Å². The van der Waals surface area contributed by atoms with Gasteiger partial charge in [0, 0.05) is 25.5 Å². The normalized spacial score (nSPS) is 20.7. The van der Waals surface area contributed by atoms with Gasteiger partial charge < -0.3 is 14.7 Å². The van der Waals surface area contributed by atoms with Gasteiger partial charge in [-0.25, -0.2) is 13.4 Å². The second kappa shape index (κ2) is 11.6. The van der Waals surface area contributed by atoms with Crippen molar-refractivity contribution < 1.29 is 36.2 Å². The molecule has 0 spiro atoms. The lowest BCUT2D eigenvalue weighted by Gasteiger charge is -2.38. The Morgan fingerprint density at radius 3 is 2.51 bits per heavy atom. The molecule has 39 heavy (non-hydrogen) atoms. The molecule has 1 saturated carbocycles. The highest BCUT2D eigenvalue weighted by atomic mass is 32.2. The molecule has 1 aromatic heterocycles. The number of ether oxygens (including phenoxy) is 1. The molecule has 1 aliphatic carbocycles. The van der Waals surface area contributed by atoms with E-state index in [0.29, 0.717) is 24.1 Å². The van der Waals surface area contributed by atoms with Gasteiger partial charge in [0.25, 0.3) is 5.91 Å². The number of rotatable bonds is 9. The minimum Gasteiger partial charge on any atom is -0.495 e. The molecule has 1 N–H and O–H groups in total. The number of benzene rings is 1. The average molecular weight is 571 g/mol. The molecule has 1 aliphatic rings. The quantitative estimate of drug-likeness (QED) is 0.488. The number of carbonyl (C=O) groups excluding carboxylic acids is 1. The molecule has 214 valence electrons. The molecular weight excluding hydrogens is 537 g/mol. The standard InChI is InChI=1S/C26H33F3N4O5S/c1-5-32(16-25(35)10-8-19(9-11-25)39(4,36)37)24(34)20-15-33(23(14-30)31-20)21-7-6-18(13-22(21)38-3)12-17(2)26(27,28)29/h6-7,13,15,17,19,35H,5,8-12,16H2,1-4H3. The second-order valence-corrected chi connectivity index (χ2v) is 12.5. The van der Waals surface area contributed by atoms with Crippen LogP contribution in [0.1, 0.15) is 61.4 Å². The van der Waals surface area contributed by atoms with Crippen LogP contribution in [-0.2, 0) is 16.3 Å². The summed E-state index contributed by atoms with van der Waals surface area (Å²) in [5.41, 5.74) is -0.588. The zero-order valence-electron chi connectivity index (χ0n) is 22.3. The molecule has 0 saturated heterocycles. The molecule has 1 atom stereocenters. The SMILES string of the molecule is CCN(CC1(O)CCC(S(C)(=O)=O)CC1)C(=O)c1cn(-c2ccc(CC(C)C(F)(F)F)cc2OC)c(C#N)n1. The van der Waals surface area contributed by atoms with Crippen LogP contribution >= 0.6 is 0 Å². The number of nitrogens with zero attached hydrogens (tertiary/aromatic N) is 4. The van der Waals surface area contributed by atoms with Crippen LogP contribution in [0.2, 0.25) is 0 Å². The van der Waals surface area contributed by atoms with Crippen LogP contribution in [0.5, 0.6) is 5.75 Å². The molecular formula is C26H33F3N4O5S. The van der Waals surface area contributed by atoms with Crippen molar-refractivity contribution in [2.75, 3.05) is 26.5 Å². The summed E-state index contributed by atoms with van der Waals surface area (Å²) >= 11 is 0. The van der Waals surface area contributed by atoms with Crippen LogP contribution in [0.25, 0.3) is 5.69 Å². The first kappa shape index (κ1) is 30.4. The van der Waals surface area contributed by atoms with Crippen LogP contribution in [0.3, 0.4) is 0 Å². The summed E-state index contributed by atoms with van der Waals surface area (Å²) < 4.78 is 69.5. The summed E-state index contributed by atoms with van der Waals surface area (Å²) in [5, 5.41) is 20.2. The monoisotopic (exact) mass is 570 g/mol. The maximum atomic E-state index is 13.3. The summed E-state index contributed by atoms with van der Waals surface area (Å²) in [6, 6.07) is 6.39. The Morgan fingerprint density at radius 1 is 1.36 bits per heavy atom. The molecule has 1 unspecified atom stereocenters. The third-order valence-corrected chi connectivity index (χ3v) is 8.93. The first-order valence-electron chi connectivity index (χ1n) is 12.6. The molecule has 3 rings (SSSR count). The Kier molecular flexibility index (Phi) is 9.02. The minimum atomic E-state index is -4.34. The lowest BCUT2D eigenvalue weighted by molar-refractivity contribution is -0.169. The van der Waals surface area contributed by atoms with E-state index in [9.17, 15) is 36.8 Å². The number of carbonyl (C=O) groups is 1. The first-order valence-corrected chi connectivity index (χ1v) is 14.5. The van der Waals surface area contributed by atoms with Crippen LogP contribution in [0, 0.1) is 17.2 Å². The van der Waals surface area contributed by atoms with Gasteiger partial charge in [0.2, 0.25) is 5.82 Å². The molecule has 0 aliphatic heterocycles. The van der Waals surface area contributed by atoms with E-state index in [1.165, 1.54) is 47.2 Å². The molecule has 1 fully saturated rings. The van der Waals surface area contributed by atoms with E-state index in [-0.39, 0.29) is 49.6 Å². The van der Waals surface area contributed by atoms with Crippen molar-refractivity contribution >= 4 is 15.7 Å². The van der Waals surface area contributed by atoms with Gasteiger partial charge >= 0.3 is 6.18 Å². The lowest BCUT2D eigenvalue weighted by atomic mass is 9.84. The number of sulfone groups is 1. The molecule has 1 amide bonds. The van der Waals surface area contributed by atoms with Crippen molar-refractivity contribution in [3.8, 4) is 17.5 Å². The molecule has 1 heterocycles. The molecule has 2 aromatic rings. The average Bonchev–Trinajstić information content (AvgIpc) is 3.30. The number of imidazole rings is 1. The number of aromatic nitrogens is 2. The third-order valence-electron chi connectivity index (χ3n) is 7.25. The van der Waals surface area contributed by atoms with E-state index in [1.54, 1.807) is 6.92 Å². The number of amides is 1. The van der Waals surface area contributed by atoms with Crippen molar-refractivity contribution in [3.05, 3.63) is 41.5 Å². The summed E-state index contributed by atoms with van der Waals surface area (Å²) in [4.78, 5) is 18.9. The fourth-order valence-electron chi connectivity index (χ4n) is 4.82. The maximum absolute atomic E-state index is 13.3. The van der Waals surface area contributed by atoms with Crippen molar-refractivity contribution in [1.29, 1.82) is 5.26 Å². The Labute approximate surface area is 226 Å². The Balaban J connectivity index is 1.84. The third kappa shape index (κ3) is 7.10. The highest BCUT2D eigenvalue weighted by Crippen LogP contribution is 2.34. The van der Waals surface area contributed by atoms with Crippen molar-refractivity contribution in [1.82, 2.24) is 14.5 Å². The highest BCUT2D eigenvalue weighted by Gasteiger charge is 2.39. The summed E-state index contributed by atoms with van der Waals surface area (Å²) in [5.74, 6) is -2.01. The predicted octanol–water partition coefficient (Wildman–Crippen LogP) is 3.67. The summed E-state index contributed by atoms with van der Waals surface area (Å²) in [7, 11) is -1.87. The molecule has 0 bridgehead atoms. The number of methoxy groups -OCH3 is 1.